The second-order valence-corrected chi connectivity index (χ2v) is 7.91. The van der Waals surface area contributed by atoms with Crippen LogP contribution in [0.4, 0.5) is 4.79 Å². The minimum absolute atomic E-state index is 0.000728. The summed E-state index contributed by atoms with van der Waals surface area (Å²) in [5, 5.41) is 14.7. The van der Waals surface area contributed by atoms with E-state index in [1.54, 1.807) is 25.1 Å². The molecular formula is C22H18N4O7. The zero-order chi connectivity index (χ0) is 23.5. The minimum Gasteiger partial charge on any atom is -0.497 e. The van der Waals surface area contributed by atoms with Gasteiger partial charge in [0.1, 0.15) is 17.1 Å². The van der Waals surface area contributed by atoms with Gasteiger partial charge in [0, 0.05) is 29.4 Å². The molecular weight excluding hydrogens is 432 g/mol. The van der Waals surface area contributed by atoms with E-state index in [4.69, 9.17) is 9.15 Å². The van der Waals surface area contributed by atoms with E-state index in [1.165, 1.54) is 24.3 Å². The van der Waals surface area contributed by atoms with Gasteiger partial charge in [-0.2, -0.15) is 0 Å². The summed E-state index contributed by atoms with van der Waals surface area (Å²) in [5.74, 6) is -1.78. The predicted molar refractivity (Wildman–Crippen MR) is 112 cm³/mol. The largest absolute Gasteiger partial charge is 0.497 e. The molecule has 1 fully saturated rings. The van der Waals surface area contributed by atoms with Gasteiger partial charge in [0.2, 0.25) is 0 Å². The lowest BCUT2D eigenvalue weighted by molar-refractivity contribution is -0.125. The molecule has 2 aliphatic rings. The number of methoxy groups -OCH3 is 1. The van der Waals surface area contributed by atoms with Gasteiger partial charge in [0.25, 0.3) is 11.8 Å². The Morgan fingerprint density at radius 2 is 2.09 bits per heavy atom. The van der Waals surface area contributed by atoms with Crippen LogP contribution in [0.25, 0.3) is 11.0 Å². The van der Waals surface area contributed by atoms with Crippen molar-refractivity contribution in [2.45, 2.75) is 19.0 Å². The number of carbonyl (C=O) groups is 4. The molecule has 1 saturated heterocycles. The van der Waals surface area contributed by atoms with Crippen molar-refractivity contribution in [3.05, 3.63) is 58.6 Å². The number of pyridine rings is 1. The monoisotopic (exact) mass is 450 g/mol. The van der Waals surface area contributed by atoms with E-state index in [-0.39, 0.29) is 35.9 Å². The summed E-state index contributed by atoms with van der Waals surface area (Å²) in [4.78, 5) is 55.4. The van der Waals surface area contributed by atoms with Crippen LogP contribution in [-0.4, -0.2) is 52.5 Å². The van der Waals surface area contributed by atoms with E-state index >= 15 is 0 Å². The Morgan fingerprint density at radius 3 is 2.76 bits per heavy atom. The van der Waals surface area contributed by atoms with Crippen LogP contribution >= 0.6 is 0 Å². The first kappa shape index (κ1) is 20.5. The number of rotatable bonds is 5. The summed E-state index contributed by atoms with van der Waals surface area (Å²) < 4.78 is 11.0. The van der Waals surface area contributed by atoms with Crippen LogP contribution in [0, 0.1) is 6.92 Å². The number of ether oxygens (including phenoxy) is 1. The summed E-state index contributed by atoms with van der Waals surface area (Å²) in [7, 11) is 1.50. The first-order valence-corrected chi connectivity index (χ1v) is 9.96. The van der Waals surface area contributed by atoms with Crippen molar-refractivity contribution in [1.82, 2.24) is 20.5 Å². The first-order chi connectivity index (χ1) is 15.7. The number of amides is 4. The number of benzene rings is 1. The van der Waals surface area contributed by atoms with Crippen LogP contribution in [-0.2, 0) is 16.9 Å². The van der Waals surface area contributed by atoms with E-state index in [1.807, 2.05) is 0 Å². The number of carboxylic acid groups (broad SMARTS) is 1. The highest BCUT2D eigenvalue weighted by Gasteiger charge is 2.53. The second-order valence-electron chi connectivity index (χ2n) is 7.91. The maximum Gasteiger partial charge on any atom is 0.341 e. The number of carboxylic acids is 1. The maximum absolute atomic E-state index is 13.1. The van der Waals surface area contributed by atoms with E-state index in [2.05, 4.69) is 15.6 Å². The Balaban J connectivity index is 1.60. The SMILES string of the molecule is COc1ccc2c(c1)C(=O)N(C[C@@]1(c3cc4c(C)ncc(C(=O)O)c4o3)NC(=O)NC1=O)C2. The smallest absolute Gasteiger partial charge is 0.341 e. The molecule has 2 aliphatic heterocycles. The van der Waals surface area contributed by atoms with E-state index in [0.29, 0.717) is 22.4 Å². The number of aromatic nitrogens is 1. The molecule has 33 heavy (non-hydrogen) atoms. The van der Waals surface area contributed by atoms with Crippen LogP contribution in [0.15, 0.2) is 34.9 Å². The lowest BCUT2D eigenvalue weighted by Crippen LogP contribution is -2.52. The normalized spacial score (nSPS) is 19.6. The minimum atomic E-state index is -1.75. The second kappa shape index (κ2) is 7.05. The standard InChI is InChI=1S/C22H18N4O7/c1-10-13-6-16(33-17(13)15(7-23-10)19(28)29)22(20(30)24-21(31)25-22)9-26-8-11-3-4-12(32-2)5-14(11)18(26)27/h3-7H,8-9H2,1-2H3,(H,28,29)(H2,24,25,30,31)/t22-/m0/s1. The highest BCUT2D eigenvalue weighted by Crippen LogP contribution is 2.36. The molecule has 0 radical (unpaired) electrons. The predicted octanol–water partition coefficient (Wildman–Crippen LogP) is 1.53. The van der Waals surface area contributed by atoms with Gasteiger partial charge in [0.15, 0.2) is 11.1 Å². The van der Waals surface area contributed by atoms with Crippen molar-refractivity contribution in [3.8, 4) is 5.75 Å². The zero-order valence-electron chi connectivity index (χ0n) is 17.6. The summed E-state index contributed by atoms with van der Waals surface area (Å²) in [6.07, 6.45) is 1.17. The fraction of sp³-hybridized carbons (Fsp3) is 0.227. The van der Waals surface area contributed by atoms with Crippen molar-refractivity contribution in [3.63, 3.8) is 0 Å². The van der Waals surface area contributed by atoms with Crippen molar-refractivity contribution < 1.29 is 33.4 Å². The van der Waals surface area contributed by atoms with Crippen LogP contribution < -0.4 is 15.4 Å². The number of hydrogen-bond acceptors (Lipinski definition) is 7. The molecule has 3 aromatic rings. The molecule has 1 aromatic carbocycles. The molecule has 11 heteroatoms. The molecule has 3 N–H and O–H groups in total. The van der Waals surface area contributed by atoms with Gasteiger partial charge in [-0.15, -0.1) is 0 Å². The van der Waals surface area contributed by atoms with Crippen LogP contribution in [0.2, 0.25) is 0 Å². The molecule has 0 aliphatic carbocycles. The van der Waals surface area contributed by atoms with Gasteiger partial charge in [-0.25, -0.2) is 9.59 Å². The number of imide groups is 1. The van der Waals surface area contributed by atoms with Gasteiger partial charge in [-0.1, -0.05) is 6.07 Å². The highest BCUT2D eigenvalue weighted by molar-refractivity contribution is 6.09. The molecule has 0 bridgehead atoms. The summed E-state index contributed by atoms with van der Waals surface area (Å²) in [6, 6.07) is 5.85. The highest BCUT2D eigenvalue weighted by atomic mass is 16.5. The van der Waals surface area contributed by atoms with E-state index in [9.17, 15) is 24.3 Å². The maximum atomic E-state index is 13.1. The van der Waals surface area contributed by atoms with Gasteiger partial charge < -0.3 is 24.5 Å². The van der Waals surface area contributed by atoms with Crippen LogP contribution in [0.5, 0.6) is 5.75 Å². The quantitative estimate of drug-likeness (QED) is 0.495. The Labute approximate surface area is 186 Å². The molecule has 4 amide bonds. The van der Waals surface area contributed by atoms with Crippen molar-refractivity contribution in [1.29, 1.82) is 0 Å². The van der Waals surface area contributed by atoms with Gasteiger partial charge in [0.05, 0.1) is 13.7 Å². The average Bonchev–Trinajstić information content (AvgIpc) is 3.43. The number of carbonyl (C=O) groups excluding carboxylic acids is 3. The molecule has 5 rings (SSSR count). The van der Waals surface area contributed by atoms with Gasteiger partial charge >= 0.3 is 12.0 Å². The third-order valence-corrected chi connectivity index (χ3v) is 5.97. The number of aromatic carboxylic acids is 1. The summed E-state index contributed by atoms with van der Waals surface area (Å²) >= 11 is 0. The number of nitrogens with one attached hydrogen (secondary N) is 2. The number of aryl methyl sites for hydroxylation is 1. The molecule has 168 valence electrons. The van der Waals surface area contributed by atoms with Gasteiger partial charge in [-0.3, -0.25) is 19.9 Å². The number of urea groups is 1. The first-order valence-electron chi connectivity index (χ1n) is 9.96. The Hall–Kier alpha value is -4.41. The summed E-state index contributed by atoms with van der Waals surface area (Å²) in [6.45, 7) is 1.65. The number of furan rings is 1. The molecule has 0 saturated carbocycles. The number of fused-ring (bicyclic) bond motifs is 2. The Bertz CT molecular complexity index is 1380. The third kappa shape index (κ3) is 3.00. The molecule has 0 spiro atoms. The van der Waals surface area contributed by atoms with E-state index < -0.39 is 23.4 Å². The van der Waals surface area contributed by atoms with Crippen molar-refractivity contribution in [2.75, 3.05) is 13.7 Å². The van der Waals surface area contributed by atoms with E-state index in [0.717, 1.165) is 5.56 Å². The van der Waals surface area contributed by atoms with Crippen molar-refractivity contribution >= 4 is 34.8 Å². The molecule has 2 aromatic heterocycles. The average molecular weight is 450 g/mol. The van der Waals surface area contributed by atoms with Crippen LogP contribution in [0.3, 0.4) is 0 Å². The fourth-order valence-electron chi connectivity index (χ4n) is 4.25. The van der Waals surface area contributed by atoms with Gasteiger partial charge in [-0.05, 0) is 30.7 Å². The zero-order valence-corrected chi connectivity index (χ0v) is 17.6. The molecule has 11 nitrogen and oxygen atoms in total. The third-order valence-electron chi connectivity index (χ3n) is 5.97. The molecule has 4 heterocycles. The lowest BCUT2D eigenvalue weighted by Gasteiger charge is -2.29. The molecule has 0 unspecified atom stereocenters. The van der Waals surface area contributed by atoms with Crippen molar-refractivity contribution in [2.24, 2.45) is 0 Å². The van der Waals surface area contributed by atoms with Crippen LogP contribution in [0.1, 0.15) is 37.7 Å². The molecule has 1 atom stereocenters. The topological polar surface area (TPSA) is 151 Å². The lowest BCUT2D eigenvalue weighted by atomic mass is 9.95. The Morgan fingerprint density at radius 1 is 1.30 bits per heavy atom. The Kier molecular flexibility index (Phi) is 4.38. The summed E-state index contributed by atoms with van der Waals surface area (Å²) in [5.41, 5.74) is -0.232. The fourth-order valence-corrected chi connectivity index (χ4v) is 4.25. The number of nitrogens with zero attached hydrogens (tertiary/aromatic N) is 2. The number of hydrogen-bond donors (Lipinski definition) is 3.